The van der Waals surface area contributed by atoms with Crippen molar-refractivity contribution in [1.29, 1.82) is 0 Å². The molecule has 4 heterocycles. The summed E-state index contributed by atoms with van der Waals surface area (Å²) in [4.78, 5) is 53.8. The Morgan fingerprint density at radius 3 is 2.53 bits per heavy atom. The van der Waals surface area contributed by atoms with Crippen molar-refractivity contribution < 1.29 is 33.8 Å². The average molecular weight is 710 g/mol. The summed E-state index contributed by atoms with van der Waals surface area (Å²) in [5, 5.41) is 18.9. The van der Waals surface area contributed by atoms with E-state index in [2.05, 4.69) is 10.3 Å². The third kappa shape index (κ3) is 6.17. The van der Waals surface area contributed by atoms with E-state index in [-0.39, 0.29) is 48.8 Å². The number of amides is 2. The Labute approximate surface area is 297 Å². The number of nitrogens with zero attached hydrogens (tertiary/aromatic N) is 5. The molecule has 2 N–H and O–H groups in total. The molecule has 0 saturated carbocycles. The first kappa shape index (κ1) is 34.7. The van der Waals surface area contributed by atoms with Gasteiger partial charge in [0.2, 0.25) is 5.91 Å². The lowest BCUT2D eigenvalue weighted by Gasteiger charge is -2.39. The fourth-order valence-corrected chi connectivity index (χ4v) is 10.9. The average Bonchev–Trinajstić information content (AvgIpc) is 3.75. The second-order valence-electron chi connectivity index (χ2n) is 14.3. The standard InChI is InChI=1S/C38H43N5O7Si/c1-24-36(51(3,4)48)33(17-18-41-22-31(39-40-41)29(23-44)27-12-6-5-7-13-27)50-38(24)30-15-8-9-16-32(30)42(37(38)47)21-26-11-10-14-28(19-26)43-34(46)20-35(43)49-25(2)45/h5-16,19,22,24,29,33,35-36,44,48H,17-18,20-21,23H2,1-4H3/t24-,29?,33+,35?,36-,38+/m1/s1. The molecule has 51 heavy (non-hydrogen) atoms. The zero-order valence-corrected chi connectivity index (χ0v) is 30.2. The van der Waals surface area contributed by atoms with Crippen LogP contribution < -0.4 is 9.80 Å². The molecule has 266 valence electrons. The molecule has 6 atom stereocenters. The van der Waals surface area contributed by atoms with Gasteiger partial charge < -0.3 is 24.3 Å². The number of rotatable bonds is 11. The topological polar surface area (TPSA) is 147 Å². The first-order valence-corrected chi connectivity index (χ1v) is 20.4. The number of aliphatic hydroxyl groups is 1. The van der Waals surface area contributed by atoms with E-state index < -0.39 is 32.2 Å². The molecule has 7 rings (SSSR count). The number of aliphatic hydroxyl groups excluding tert-OH is 1. The molecule has 0 bridgehead atoms. The number of para-hydroxylation sites is 1. The van der Waals surface area contributed by atoms with E-state index in [1.165, 1.54) is 11.8 Å². The van der Waals surface area contributed by atoms with Crippen LogP contribution in [0.25, 0.3) is 0 Å². The van der Waals surface area contributed by atoms with Crippen molar-refractivity contribution in [3.63, 3.8) is 0 Å². The molecule has 2 amide bonds. The van der Waals surface area contributed by atoms with E-state index in [0.29, 0.717) is 24.3 Å². The molecule has 1 spiro atoms. The van der Waals surface area contributed by atoms with Gasteiger partial charge in [0, 0.05) is 42.4 Å². The Hall–Kier alpha value is -4.69. The van der Waals surface area contributed by atoms with Gasteiger partial charge in [-0.3, -0.25) is 24.0 Å². The molecule has 2 saturated heterocycles. The van der Waals surface area contributed by atoms with Gasteiger partial charge in [-0.2, -0.15) is 0 Å². The van der Waals surface area contributed by atoms with Crippen LogP contribution in [0.2, 0.25) is 18.6 Å². The van der Waals surface area contributed by atoms with Gasteiger partial charge in [0.05, 0.1) is 43.0 Å². The molecule has 12 nitrogen and oxygen atoms in total. The molecule has 0 aliphatic carbocycles. The maximum Gasteiger partial charge on any atom is 0.304 e. The minimum atomic E-state index is -2.88. The van der Waals surface area contributed by atoms with Crippen molar-refractivity contribution in [1.82, 2.24) is 15.0 Å². The van der Waals surface area contributed by atoms with E-state index in [4.69, 9.17) is 9.47 Å². The third-order valence-electron chi connectivity index (χ3n) is 10.6. The zero-order valence-electron chi connectivity index (χ0n) is 29.2. The lowest BCUT2D eigenvalue weighted by Crippen LogP contribution is -2.54. The van der Waals surface area contributed by atoms with Crippen LogP contribution in [0.4, 0.5) is 11.4 Å². The van der Waals surface area contributed by atoms with Crippen LogP contribution in [-0.4, -0.2) is 69.9 Å². The number of ether oxygens (including phenoxy) is 2. The normalized spacial score (nSPS) is 24.9. The number of esters is 1. The highest BCUT2D eigenvalue weighted by atomic mass is 28.4. The lowest BCUT2D eigenvalue weighted by atomic mass is 9.82. The van der Waals surface area contributed by atoms with Gasteiger partial charge in [-0.1, -0.05) is 72.8 Å². The predicted octanol–water partition coefficient (Wildman–Crippen LogP) is 4.46. The number of aromatic nitrogens is 3. The number of hydrogen-bond donors (Lipinski definition) is 2. The summed E-state index contributed by atoms with van der Waals surface area (Å²) >= 11 is 0. The van der Waals surface area contributed by atoms with Crippen molar-refractivity contribution in [3.8, 4) is 0 Å². The van der Waals surface area contributed by atoms with Crippen molar-refractivity contribution in [2.24, 2.45) is 5.92 Å². The Bertz CT molecular complexity index is 1950. The zero-order chi connectivity index (χ0) is 36.1. The molecule has 3 aromatic carbocycles. The summed E-state index contributed by atoms with van der Waals surface area (Å²) in [6, 6.07) is 24.7. The number of benzene rings is 3. The molecular formula is C38H43N5O7Si. The van der Waals surface area contributed by atoms with Gasteiger partial charge in [-0.25, -0.2) is 0 Å². The molecule has 4 aromatic rings. The van der Waals surface area contributed by atoms with Gasteiger partial charge in [0.25, 0.3) is 5.91 Å². The Balaban J connectivity index is 1.14. The maximum absolute atomic E-state index is 14.8. The van der Waals surface area contributed by atoms with Crippen molar-refractivity contribution in [3.05, 3.63) is 107 Å². The Morgan fingerprint density at radius 1 is 1.08 bits per heavy atom. The molecule has 0 radical (unpaired) electrons. The summed E-state index contributed by atoms with van der Waals surface area (Å²) < 4.78 is 14.0. The van der Waals surface area contributed by atoms with E-state index in [1.54, 1.807) is 15.6 Å². The molecule has 1 aromatic heterocycles. The highest BCUT2D eigenvalue weighted by Crippen LogP contribution is 2.59. The number of anilines is 2. The van der Waals surface area contributed by atoms with E-state index in [0.717, 1.165) is 22.4 Å². The van der Waals surface area contributed by atoms with Gasteiger partial charge >= 0.3 is 5.97 Å². The van der Waals surface area contributed by atoms with E-state index >= 15 is 0 Å². The van der Waals surface area contributed by atoms with Crippen LogP contribution in [0.3, 0.4) is 0 Å². The van der Waals surface area contributed by atoms with Gasteiger partial charge in [0.15, 0.2) is 20.1 Å². The molecule has 2 unspecified atom stereocenters. The van der Waals surface area contributed by atoms with Crippen molar-refractivity contribution in [2.75, 3.05) is 16.4 Å². The first-order chi connectivity index (χ1) is 24.4. The number of hydrogen-bond acceptors (Lipinski definition) is 9. The summed E-state index contributed by atoms with van der Waals surface area (Å²) in [5.74, 6) is -1.43. The van der Waals surface area contributed by atoms with Crippen LogP contribution in [0.5, 0.6) is 0 Å². The highest BCUT2D eigenvalue weighted by Gasteiger charge is 2.66. The smallest absolute Gasteiger partial charge is 0.304 e. The number of carbonyl (C=O) groups is 3. The fourth-order valence-electron chi connectivity index (χ4n) is 8.33. The van der Waals surface area contributed by atoms with Gasteiger partial charge in [-0.05, 0) is 48.8 Å². The van der Waals surface area contributed by atoms with Crippen LogP contribution >= 0.6 is 0 Å². The number of fused-ring (bicyclic) bond motifs is 2. The van der Waals surface area contributed by atoms with Crippen molar-refractivity contribution >= 4 is 37.5 Å². The van der Waals surface area contributed by atoms with Gasteiger partial charge in [-0.15, -0.1) is 5.10 Å². The van der Waals surface area contributed by atoms with E-state index in [1.807, 2.05) is 99.0 Å². The SMILES string of the molecule is CC(=O)OC1CC(=O)N1c1cccc(CN2C(=O)[C@@]3(O[C@@H](CCn4cc(C(CO)c5ccccc5)nn4)[C@H]([Si](C)(C)O)[C@H]3C)c3ccccc32)c1. The summed E-state index contributed by atoms with van der Waals surface area (Å²) in [5.41, 5.74) is 2.95. The van der Waals surface area contributed by atoms with Gasteiger partial charge in [0.1, 0.15) is 0 Å². The predicted molar refractivity (Wildman–Crippen MR) is 191 cm³/mol. The molecular weight excluding hydrogens is 667 g/mol. The van der Waals surface area contributed by atoms with E-state index in [9.17, 15) is 24.3 Å². The second kappa shape index (κ2) is 13.5. The molecule has 3 aliphatic heterocycles. The maximum atomic E-state index is 14.8. The minimum Gasteiger partial charge on any atom is -0.441 e. The van der Waals surface area contributed by atoms with Crippen LogP contribution in [0.15, 0.2) is 85.1 Å². The summed E-state index contributed by atoms with van der Waals surface area (Å²) in [7, 11) is -2.88. The minimum absolute atomic E-state index is 0.103. The summed E-state index contributed by atoms with van der Waals surface area (Å²) in [6.07, 6.45) is 1.38. The van der Waals surface area contributed by atoms with Crippen LogP contribution in [0.1, 0.15) is 55.0 Å². The number of aryl methyl sites for hydroxylation is 1. The molecule has 13 heteroatoms. The largest absolute Gasteiger partial charge is 0.441 e. The molecule has 2 fully saturated rings. The first-order valence-electron chi connectivity index (χ1n) is 17.4. The highest BCUT2D eigenvalue weighted by molar-refractivity contribution is 6.71. The number of carbonyl (C=O) groups excluding carboxylic acids is 3. The van der Waals surface area contributed by atoms with Crippen molar-refractivity contribution in [2.45, 2.75) is 82.3 Å². The van der Waals surface area contributed by atoms with Crippen LogP contribution in [0, 0.1) is 5.92 Å². The molecule has 3 aliphatic rings. The Kier molecular flexibility index (Phi) is 9.17. The summed E-state index contributed by atoms with van der Waals surface area (Å²) in [6.45, 7) is 7.70. The quantitative estimate of drug-likeness (QED) is 0.131. The number of β-lactam (4-membered cyclic amide) rings is 1. The lowest BCUT2D eigenvalue weighted by molar-refractivity contribution is -0.154. The van der Waals surface area contributed by atoms with Crippen LogP contribution in [-0.2, 0) is 42.5 Å². The monoisotopic (exact) mass is 709 g/mol. The Morgan fingerprint density at radius 2 is 1.82 bits per heavy atom. The second-order valence-corrected chi connectivity index (χ2v) is 18.3. The fraction of sp³-hybridized carbons (Fsp3) is 0.395. The third-order valence-corrected chi connectivity index (χ3v) is 13.1.